The molecule has 1 amide bonds. The van der Waals surface area contributed by atoms with Gasteiger partial charge in [0.1, 0.15) is 11.6 Å². The molecule has 0 bridgehead atoms. The highest BCUT2D eigenvalue weighted by Gasteiger charge is 2.15. The van der Waals surface area contributed by atoms with Crippen LogP contribution in [0.5, 0.6) is 0 Å². The van der Waals surface area contributed by atoms with Gasteiger partial charge in [-0.25, -0.2) is 17.5 Å². The third-order valence-electron chi connectivity index (χ3n) is 3.97. The van der Waals surface area contributed by atoms with E-state index in [1.165, 1.54) is 30.5 Å². The van der Waals surface area contributed by atoms with Crippen LogP contribution < -0.4 is 10.0 Å². The Bertz CT molecular complexity index is 1050. The highest BCUT2D eigenvalue weighted by molar-refractivity contribution is 7.89. The molecule has 28 heavy (non-hydrogen) atoms. The minimum absolute atomic E-state index is 0.0273. The summed E-state index contributed by atoms with van der Waals surface area (Å²) in [6.45, 7) is 0.0273. The number of furan rings is 1. The molecule has 0 aliphatic heterocycles. The average Bonchev–Trinajstić information content (AvgIpc) is 3.19. The fourth-order valence-corrected chi connectivity index (χ4v) is 3.62. The van der Waals surface area contributed by atoms with E-state index in [2.05, 4.69) is 10.0 Å². The van der Waals surface area contributed by atoms with E-state index in [0.29, 0.717) is 23.4 Å². The van der Waals surface area contributed by atoms with Crippen molar-refractivity contribution < 1.29 is 22.0 Å². The number of benzene rings is 2. The summed E-state index contributed by atoms with van der Waals surface area (Å²) in [5.41, 5.74) is 1.08. The molecule has 0 aliphatic carbocycles. The number of anilines is 1. The summed E-state index contributed by atoms with van der Waals surface area (Å²) in [6, 6.07) is 15.4. The van der Waals surface area contributed by atoms with Crippen LogP contribution in [0.4, 0.5) is 10.1 Å². The molecule has 0 fully saturated rings. The maximum Gasteiger partial charge on any atom is 0.241 e. The van der Waals surface area contributed by atoms with Crippen LogP contribution in [0.25, 0.3) is 0 Å². The lowest BCUT2D eigenvalue weighted by molar-refractivity contribution is -0.116. The van der Waals surface area contributed by atoms with Gasteiger partial charge in [-0.15, -0.1) is 0 Å². The van der Waals surface area contributed by atoms with Crippen molar-refractivity contribution in [3.63, 3.8) is 0 Å². The molecule has 0 spiro atoms. The van der Waals surface area contributed by atoms with Gasteiger partial charge in [-0.3, -0.25) is 4.79 Å². The predicted octanol–water partition coefficient (Wildman–Crippen LogP) is 3.47. The minimum Gasteiger partial charge on any atom is -0.468 e. The molecule has 0 unspecified atom stereocenters. The Morgan fingerprint density at radius 2 is 1.86 bits per heavy atom. The quantitative estimate of drug-likeness (QED) is 0.604. The molecule has 6 nitrogen and oxygen atoms in total. The zero-order chi connectivity index (χ0) is 20.0. The molecule has 0 saturated heterocycles. The normalized spacial score (nSPS) is 11.3. The first-order valence-corrected chi connectivity index (χ1v) is 10.1. The highest BCUT2D eigenvalue weighted by Crippen LogP contribution is 2.17. The Hall–Kier alpha value is -2.97. The fraction of sp³-hybridized carbons (Fsp3) is 0.150. The molecule has 8 heteroatoms. The van der Waals surface area contributed by atoms with E-state index < -0.39 is 10.0 Å². The van der Waals surface area contributed by atoms with Gasteiger partial charge in [0.25, 0.3) is 0 Å². The van der Waals surface area contributed by atoms with Gasteiger partial charge < -0.3 is 9.73 Å². The number of amides is 1. The van der Waals surface area contributed by atoms with Crippen molar-refractivity contribution in [3.05, 3.63) is 84.1 Å². The summed E-state index contributed by atoms with van der Waals surface area (Å²) in [4.78, 5) is 12.2. The highest BCUT2D eigenvalue weighted by atomic mass is 32.2. The third-order valence-corrected chi connectivity index (χ3v) is 5.37. The van der Waals surface area contributed by atoms with Gasteiger partial charge in [0, 0.05) is 12.1 Å². The van der Waals surface area contributed by atoms with Crippen LogP contribution in [-0.2, 0) is 27.8 Å². The molecule has 3 aromatic rings. The topological polar surface area (TPSA) is 88.4 Å². The van der Waals surface area contributed by atoms with Gasteiger partial charge in [-0.05, 0) is 54.4 Å². The number of sulfonamides is 1. The zero-order valence-electron chi connectivity index (χ0n) is 14.9. The lowest BCUT2D eigenvalue weighted by Crippen LogP contribution is -2.23. The third kappa shape index (κ3) is 5.51. The number of aryl methyl sites for hydroxylation is 1. The molecule has 1 heterocycles. The van der Waals surface area contributed by atoms with Crippen molar-refractivity contribution in [1.82, 2.24) is 4.72 Å². The van der Waals surface area contributed by atoms with E-state index in [0.717, 1.165) is 0 Å². The Morgan fingerprint density at radius 1 is 1.04 bits per heavy atom. The fourth-order valence-electron chi connectivity index (χ4n) is 2.58. The van der Waals surface area contributed by atoms with Crippen molar-refractivity contribution >= 4 is 21.6 Å². The molecule has 0 atom stereocenters. The zero-order valence-corrected chi connectivity index (χ0v) is 15.7. The van der Waals surface area contributed by atoms with Gasteiger partial charge in [0.15, 0.2) is 0 Å². The van der Waals surface area contributed by atoms with Gasteiger partial charge >= 0.3 is 0 Å². The van der Waals surface area contributed by atoms with E-state index >= 15 is 0 Å². The van der Waals surface area contributed by atoms with Crippen LogP contribution in [0.3, 0.4) is 0 Å². The van der Waals surface area contributed by atoms with Crippen molar-refractivity contribution in [2.24, 2.45) is 0 Å². The Balaban J connectivity index is 1.59. The van der Waals surface area contributed by atoms with Crippen molar-refractivity contribution in [3.8, 4) is 0 Å². The summed E-state index contributed by atoms with van der Waals surface area (Å²) in [7, 11) is -3.76. The van der Waals surface area contributed by atoms with E-state index in [4.69, 9.17) is 4.42 Å². The molecule has 146 valence electrons. The number of rotatable bonds is 8. The number of halogens is 1. The summed E-state index contributed by atoms with van der Waals surface area (Å²) < 4.78 is 45.5. The number of carbonyl (C=O) groups is 1. The summed E-state index contributed by atoms with van der Waals surface area (Å²) in [6.07, 6.45) is 1.99. The van der Waals surface area contributed by atoms with Crippen LogP contribution >= 0.6 is 0 Å². The smallest absolute Gasteiger partial charge is 0.241 e. The lowest BCUT2D eigenvalue weighted by Gasteiger charge is -2.09. The maximum atomic E-state index is 13.2. The van der Waals surface area contributed by atoms with Crippen molar-refractivity contribution in [2.75, 3.05) is 5.32 Å². The SMILES string of the molecule is O=C(CCc1cccc(F)c1)Nc1cccc(S(=O)(=O)NCc2ccco2)c1. The Morgan fingerprint density at radius 3 is 2.61 bits per heavy atom. The van der Waals surface area contributed by atoms with Crippen LogP contribution in [0.1, 0.15) is 17.7 Å². The number of hydrogen-bond donors (Lipinski definition) is 2. The minimum atomic E-state index is -3.76. The molecule has 1 aromatic heterocycles. The van der Waals surface area contributed by atoms with Crippen molar-refractivity contribution in [1.29, 1.82) is 0 Å². The van der Waals surface area contributed by atoms with Gasteiger partial charge in [0.05, 0.1) is 17.7 Å². The van der Waals surface area contributed by atoms with Crippen LogP contribution in [0.15, 0.2) is 76.2 Å². The second kappa shape index (κ2) is 8.81. The molecule has 2 aromatic carbocycles. The van der Waals surface area contributed by atoms with Crippen LogP contribution in [0.2, 0.25) is 0 Å². The van der Waals surface area contributed by atoms with E-state index in [1.54, 1.807) is 36.4 Å². The number of nitrogens with one attached hydrogen (secondary N) is 2. The molecule has 3 rings (SSSR count). The summed E-state index contributed by atoms with van der Waals surface area (Å²) in [5.74, 6) is -0.148. The van der Waals surface area contributed by atoms with Gasteiger partial charge in [-0.1, -0.05) is 18.2 Å². The van der Waals surface area contributed by atoms with E-state index in [1.807, 2.05) is 0 Å². The second-order valence-electron chi connectivity index (χ2n) is 6.11. The van der Waals surface area contributed by atoms with Crippen LogP contribution in [0, 0.1) is 5.82 Å². The largest absolute Gasteiger partial charge is 0.468 e. The van der Waals surface area contributed by atoms with Gasteiger partial charge in [-0.2, -0.15) is 0 Å². The van der Waals surface area contributed by atoms with E-state index in [-0.39, 0.29) is 29.6 Å². The first kappa shape index (κ1) is 19.8. The Kier molecular flexibility index (Phi) is 6.23. The molecule has 2 N–H and O–H groups in total. The Labute approximate surface area is 162 Å². The summed E-state index contributed by atoms with van der Waals surface area (Å²) >= 11 is 0. The predicted molar refractivity (Wildman–Crippen MR) is 103 cm³/mol. The molecular formula is C20H19FN2O4S. The average molecular weight is 402 g/mol. The number of hydrogen-bond acceptors (Lipinski definition) is 4. The van der Waals surface area contributed by atoms with Crippen LogP contribution in [-0.4, -0.2) is 14.3 Å². The van der Waals surface area contributed by atoms with E-state index in [9.17, 15) is 17.6 Å². The maximum absolute atomic E-state index is 13.2. The lowest BCUT2D eigenvalue weighted by atomic mass is 10.1. The first-order chi connectivity index (χ1) is 13.4. The standard InChI is InChI=1S/C20H19FN2O4S/c21-16-5-1-4-15(12-16)9-10-20(24)23-17-6-2-8-19(13-17)28(25,26)22-14-18-7-3-11-27-18/h1-8,11-13,22H,9-10,14H2,(H,23,24). The monoisotopic (exact) mass is 402 g/mol. The molecule has 0 radical (unpaired) electrons. The number of carbonyl (C=O) groups excluding carboxylic acids is 1. The molecule has 0 aliphatic rings. The van der Waals surface area contributed by atoms with Gasteiger partial charge in [0.2, 0.25) is 15.9 Å². The molecule has 0 saturated carbocycles. The van der Waals surface area contributed by atoms with Crippen molar-refractivity contribution in [2.45, 2.75) is 24.3 Å². The summed E-state index contributed by atoms with van der Waals surface area (Å²) in [5, 5.41) is 2.67. The first-order valence-electron chi connectivity index (χ1n) is 8.59. The molecular weight excluding hydrogens is 383 g/mol. The second-order valence-corrected chi connectivity index (χ2v) is 7.88.